The fourth-order valence-corrected chi connectivity index (χ4v) is 4.17. The molecule has 1 aromatic carbocycles. The van der Waals surface area contributed by atoms with Crippen LogP contribution in [0.2, 0.25) is 0 Å². The second kappa shape index (κ2) is 8.63. The van der Waals surface area contributed by atoms with Crippen LogP contribution in [0, 0.1) is 0 Å². The van der Waals surface area contributed by atoms with Gasteiger partial charge >= 0.3 is 0 Å². The van der Waals surface area contributed by atoms with Crippen molar-refractivity contribution in [3.05, 3.63) is 78.4 Å². The summed E-state index contributed by atoms with van der Waals surface area (Å²) in [6.45, 7) is 0.788. The van der Waals surface area contributed by atoms with Crippen molar-refractivity contribution < 1.29 is 9.84 Å². The molecular formula is C22H24N4O2S. The van der Waals surface area contributed by atoms with Gasteiger partial charge in [-0.2, -0.15) is 0 Å². The highest BCUT2D eigenvalue weighted by atomic mass is 32.1. The third-order valence-corrected chi connectivity index (χ3v) is 5.52. The maximum Gasteiger partial charge on any atom is 0.170 e. The number of ether oxygens (including phenoxy) is 1. The molecule has 0 spiro atoms. The number of nitrogens with zero attached hydrogens (tertiary/aromatic N) is 3. The molecule has 0 saturated carbocycles. The van der Waals surface area contributed by atoms with Crippen molar-refractivity contribution in [2.45, 2.75) is 18.5 Å². The van der Waals surface area contributed by atoms with Gasteiger partial charge in [0.25, 0.3) is 0 Å². The first-order valence-electron chi connectivity index (χ1n) is 9.63. The fourth-order valence-electron chi connectivity index (χ4n) is 3.84. The highest BCUT2D eigenvalue weighted by Crippen LogP contribution is 2.39. The van der Waals surface area contributed by atoms with Gasteiger partial charge in [-0.05, 0) is 55.0 Å². The third-order valence-electron chi connectivity index (χ3n) is 5.17. The molecule has 7 heteroatoms. The first-order valence-corrected chi connectivity index (χ1v) is 10.0. The number of methoxy groups -OCH3 is 1. The number of benzene rings is 1. The van der Waals surface area contributed by atoms with Gasteiger partial charge in [0.2, 0.25) is 0 Å². The average Bonchev–Trinajstić information content (AvgIpc) is 3.37. The molecule has 1 aliphatic heterocycles. The molecule has 6 nitrogen and oxygen atoms in total. The molecule has 1 fully saturated rings. The summed E-state index contributed by atoms with van der Waals surface area (Å²) < 4.78 is 7.56. The lowest BCUT2D eigenvalue weighted by Crippen LogP contribution is -2.31. The summed E-state index contributed by atoms with van der Waals surface area (Å²) in [6, 6.07) is 17.9. The van der Waals surface area contributed by atoms with Gasteiger partial charge in [-0.1, -0.05) is 12.1 Å². The Morgan fingerprint density at radius 1 is 1.17 bits per heavy atom. The molecule has 0 amide bonds. The van der Waals surface area contributed by atoms with Crippen LogP contribution < -0.4 is 10.1 Å². The third kappa shape index (κ3) is 3.83. The van der Waals surface area contributed by atoms with E-state index in [1.807, 2.05) is 48.7 Å². The summed E-state index contributed by atoms with van der Waals surface area (Å²) in [7, 11) is 1.67. The number of aromatic nitrogens is 2. The predicted octanol–water partition coefficient (Wildman–Crippen LogP) is 3.24. The number of nitrogens with one attached hydrogen (secondary N) is 1. The zero-order valence-corrected chi connectivity index (χ0v) is 17.0. The summed E-state index contributed by atoms with van der Waals surface area (Å²) in [6.07, 6.45) is 4.49. The van der Waals surface area contributed by atoms with Crippen LogP contribution in [0.15, 0.2) is 67.0 Å². The Bertz CT molecular complexity index is 976. The van der Waals surface area contributed by atoms with Crippen molar-refractivity contribution in [2.24, 2.45) is 0 Å². The topological polar surface area (TPSA) is 62.5 Å². The zero-order valence-electron chi connectivity index (χ0n) is 16.2. The van der Waals surface area contributed by atoms with Crippen LogP contribution in [0.5, 0.6) is 5.75 Å². The number of hydrogen-bond donors (Lipinski definition) is 2. The highest BCUT2D eigenvalue weighted by Gasteiger charge is 2.40. The molecular weight excluding hydrogens is 384 g/mol. The number of aliphatic hydroxyl groups excluding tert-OH is 1. The largest absolute Gasteiger partial charge is 0.497 e. The Morgan fingerprint density at radius 2 is 2.07 bits per heavy atom. The van der Waals surface area contributed by atoms with Crippen molar-refractivity contribution >= 4 is 17.3 Å². The summed E-state index contributed by atoms with van der Waals surface area (Å²) in [5, 5.41) is 13.5. The molecule has 1 aliphatic rings. The van der Waals surface area contributed by atoms with Gasteiger partial charge in [-0.25, -0.2) is 0 Å². The Balaban J connectivity index is 1.78. The second-order valence-corrected chi connectivity index (χ2v) is 7.29. The smallest absolute Gasteiger partial charge is 0.170 e. The highest BCUT2D eigenvalue weighted by molar-refractivity contribution is 7.80. The Kier molecular flexibility index (Phi) is 5.78. The van der Waals surface area contributed by atoms with Crippen molar-refractivity contribution in [3.8, 4) is 11.4 Å². The van der Waals surface area contributed by atoms with E-state index in [1.54, 1.807) is 13.3 Å². The van der Waals surface area contributed by atoms with Crippen LogP contribution in [0.3, 0.4) is 0 Å². The van der Waals surface area contributed by atoms with Gasteiger partial charge in [0, 0.05) is 43.0 Å². The van der Waals surface area contributed by atoms with Crippen molar-refractivity contribution in [1.29, 1.82) is 0 Å². The van der Waals surface area contributed by atoms with Crippen molar-refractivity contribution in [3.63, 3.8) is 0 Å². The van der Waals surface area contributed by atoms with Crippen LogP contribution in [0.1, 0.15) is 29.9 Å². The molecule has 29 heavy (non-hydrogen) atoms. The van der Waals surface area contributed by atoms with E-state index in [1.165, 1.54) is 0 Å². The summed E-state index contributed by atoms with van der Waals surface area (Å²) in [5.74, 6) is 0.806. The SMILES string of the molecule is COc1cccc(-n2cccc2[C@H]2[C@@H](c3ccccn3)NC(=S)N2CCCO)c1. The number of thiocarbonyl (C=S) groups is 1. The summed E-state index contributed by atoms with van der Waals surface area (Å²) in [5.41, 5.74) is 3.05. The molecule has 2 atom stereocenters. The maximum atomic E-state index is 9.38. The Morgan fingerprint density at radius 3 is 2.83 bits per heavy atom. The molecule has 0 unspecified atom stereocenters. The van der Waals surface area contributed by atoms with Crippen LogP contribution in [0.4, 0.5) is 0 Å². The minimum absolute atomic E-state index is 0.0508. The van der Waals surface area contributed by atoms with E-state index in [0.717, 1.165) is 22.8 Å². The van der Waals surface area contributed by atoms with Gasteiger partial charge in [-0.3, -0.25) is 4.98 Å². The van der Waals surface area contributed by atoms with Gasteiger partial charge in [-0.15, -0.1) is 0 Å². The van der Waals surface area contributed by atoms with E-state index < -0.39 is 0 Å². The van der Waals surface area contributed by atoms with Crippen LogP contribution >= 0.6 is 12.2 Å². The zero-order chi connectivity index (χ0) is 20.2. The Hall–Kier alpha value is -2.90. The molecule has 3 heterocycles. The van der Waals surface area contributed by atoms with Gasteiger partial charge in [0.05, 0.1) is 24.9 Å². The molecule has 4 rings (SSSR count). The quantitative estimate of drug-likeness (QED) is 0.586. The van der Waals surface area contributed by atoms with Gasteiger partial charge < -0.3 is 24.6 Å². The fraction of sp³-hybridized carbons (Fsp3) is 0.273. The van der Waals surface area contributed by atoms with E-state index in [4.69, 9.17) is 17.0 Å². The number of pyridine rings is 1. The lowest BCUT2D eigenvalue weighted by molar-refractivity contribution is 0.244. The molecule has 0 bridgehead atoms. The molecule has 3 aromatic rings. The Labute approximate surface area is 175 Å². The minimum Gasteiger partial charge on any atom is -0.497 e. The van der Waals surface area contributed by atoms with Crippen molar-refractivity contribution in [1.82, 2.24) is 19.8 Å². The normalized spacial score (nSPS) is 18.7. The van der Waals surface area contributed by atoms with Gasteiger partial charge in [0.15, 0.2) is 5.11 Å². The van der Waals surface area contributed by atoms with Gasteiger partial charge in [0.1, 0.15) is 5.75 Å². The van der Waals surface area contributed by atoms with Crippen LogP contribution in [-0.4, -0.2) is 44.9 Å². The molecule has 2 N–H and O–H groups in total. The second-order valence-electron chi connectivity index (χ2n) is 6.90. The first-order chi connectivity index (χ1) is 14.2. The van der Waals surface area contributed by atoms with E-state index in [0.29, 0.717) is 18.1 Å². The molecule has 2 aromatic heterocycles. The molecule has 150 valence electrons. The standard InChI is InChI=1S/C22H24N4O2S/c1-28-17-8-4-7-16(15-17)25-12-5-10-19(25)21-20(18-9-2-3-11-23-18)24-22(29)26(21)13-6-14-27/h2-5,7-12,15,20-21,27H,6,13-14H2,1H3,(H,24,29)/t20-,21+/m1/s1. The van der Waals surface area contributed by atoms with E-state index in [9.17, 15) is 5.11 Å². The van der Waals surface area contributed by atoms with Crippen molar-refractivity contribution in [2.75, 3.05) is 20.3 Å². The molecule has 0 aliphatic carbocycles. The van der Waals surface area contributed by atoms with E-state index in [2.05, 4.69) is 31.9 Å². The van der Waals surface area contributed by atoms with Crippen LogP contribution in [-0.2, 0) is 0 Å². The summed E-state index contributed by atoms with van der Waals surface area (Å²) >= 11 is 5.66. The van der Waals surface area contributed by atoms with E-state index in [-0.39, 0.29) is 18.7 Å². The monoisotopic (exact) mass is 408 g/mol. The lowest BCUT2D eigenvalue weighted by atomic mass is 10.0. The number of aliphatic hydroxyl groups is 1. The summed E-state index contributed by atoms with van der Waals surface area (Å²) in [4.78, 5) is 6.72. The number of hydrogen-bond acceptors (Lipinski definition) is 4. The van der Waals surface area contributed by atoms with Crippen LogP contribution in [0.25, 0.3) is 5.69 Å². The average molecular weight is 409 g/mol. The molecule has 1 saturated heterocycles. The van der Waals surface area contributed by atoms with E-state index >= 15 is 0 Å². The number of rotatable bonds is 7. The lowest BCUT2D eigenvalue weighted by Gasteiger charge is -2.28. The maximum absolute atomic E-state index is 9.38. The first kappa shape index (κ1) is 19.4. The molecule has 0 radical (unpaired) electrons. The minimum atomic E-state index is -0.0818. The predicted molar refractivity (Wildman–Crippen MR) is 116 cm³/mol.